The van der Waals surface area contributed by atoms with Gasteiger partial charge in [0.1, 0.15) is 0 Å². The molecule has 2 bridgehead atoms. The Bertz CT molecular complexity index is 482. The fourth-order valence-corrected chi connectivity index (χ4v) is 3.14. The average molecular weight is 253 g/mol. The Morgan fingerprint density at radius 1 is 0.579 bits per heavy atom. The van der Waals surface area contributed by atoms with E-state index >= 15 is 0 Å². The van der Waals surface area contributed by atoms with Crippen LogP contribution in [0.2, 0.25) is 0 Å². The quantitative estimate of drug-likeness (QED) is 0.680. The van der Waals surface area contributed by atoms with Crippen molar-refractivity contribution in [3.63, 3.8) is 0 Å². The van der Waals surface area contributed by atoms with Crippen molar-refractivity contribution in [1.82, 2.24) is 4.57 Å². The van der Waals surface area contributed by atoms with Gasteiger partial charge in [0.2, 0.25) is 0 Å². The maximum atomic E-state index is 2.49. The van der Waals surface area contributed by atoms with Gasteiger partial charge in [-0.1, -0.05) is 43.9 Å². The summed E-state index contributed by atoms with van der Waals surface area (Å²) in [6.07, 6.45) is 10.7. The number of fused-ring (bicyclic) bond motifs is 2. The van der Waals surface area contributed by atoms with E-state index in [1.165, 1.54) is 68.4 Å². The van der Waals surface area contributed by atoms with Crippen molar-refractivity contribution >= 4 is 0 Å². The maximum absolute atomic E-state index is 2.49. The molecule has 1 aliphatic rings. The number of nitrogens with zero attached hydrogens (tertiary/aromatic N) is 1. The smallest absolute Gasteiger partial charge is 0.0455 e. The molecule has 0 spiro atoms. The molecule has 2 heterocycles. The highest BCUT2D eigenvalue weighted by Gasteiger charge is 2.10. The van der Waals surface area contributed by atoms with Crippen LogP contribution in [-0.4, -0.2) is 4.57 Å². The molecule has 0 aliphatic carbocycles. The van der Waals surface area contributed by atoms with Crippen molar-refractivity contribution in [3.05, 3.63) is 53.9 Å². The summed E-state index contributed by atoms with van der Waals surface area (Å²) in [5.41, 5.74) is 4.31. The molecule has 0 amide bonds. The minimum atomic E-state index is 1.22. The molecule has 0 unspecified atom stereocenters. The Hall–Kier alpha value is -1.50. The summed E-state index contributed by atoms with van der Waals surface area (Å²) < 4.78 is 2.49. The lowest BCUT2D eigenvalue weighted by molar-refractivity contribution is 0.597. The molecular formula is C18H23N. The lowest BCUT2D eigenvalue weighted by Crippen LogP contribution is -2.04. The molecule has 1 aliphatic heterocycles. The second-order valence-electron chi connectivity index (χ2n) is 5.61. The van der Waals surface area contributed by atoms with Crippen LogP contribution in [-0.2, 0) is 12.8 Å². The lowest BCUT2D eigenvalue weighted by Gasteiger charge is -2.13. The third kappa shape index (κ3) is 2.91. The van der Waals surface area contributed by atoms with Crippen LogP contribution in [0.5, 0.6) is 0 Å². The zero-order chi connectivity index (χ0) is 12.9. The van der Waals surface area contributed by atoms with E-state index in [1.807, 2.05) is 0 Å². The highest BCUT2D eigenvalue weighted by atomic mass is 15.0. The summed E-state index contributed by atoms with van der Waals surface area (Å²) in [5.74, 6) is 0. The Morgan fingerprint density at radius 2 is 1.11 bits per heavy atom. The van der Waals surface area contributed by atoms with Crippen molar-refractivity contribution in [2.75, 3.05) is 0 Å². The van der Waals surface area contributed by atoms with E-state index in [1.54, 1.807) is 0 Å². The van der Waals surface area contributed by atoms with E-state index in [-0.39, 0.29) is 0 Å². The fraction of sp³-hybridized carbons (Fsp3) is 0.444. The van der Waals surface area contributed by atoms with Crippen LogP contribution in [0.1, 0.15) is 49.9 Å². The van der Waals surface area contributed by atoms with E-state index in [9.17, 15) is 0 Å². The van der Waals surface area contributed by atoms with Gasteiger partial charge in [0, 0.05) is 17.1 Å². The number of hydrogen-bond acceptors (Lipinski definition) is 0. The summed E-state index contributed by atoms with van der Waals surface area (Å²) in [5, 5.41) is 0. The molecule has 0 radical (unpaired) electrons. The van der Waals surface area contributed by atoms with Gasteiger partial charge < -0.3 is 4.57 Å². The van der Waals surface area contributed by atoms with Crippen LogP contribution in [0.4, 0.5) is 0 Å². The zero-order valence-electron chi connectivity index (χ0n) is 11.6. The SMILES string of the molecule is c1ccc(-n2c3ccc2CCCCCCCC3)cc1. The topological polar surface area (TPSA) is 4.93 Å². The average Bonchev–Trinajstić information content (AvgIpc) is 2.82. The van der Waals surface area contributed by atoms with E-state index in [4.69, 9.17) is 0 Å². The Labute approximate surface area is 116 Å². The van der Waals surface area contributed by atoms with Gasteiger partial charge in [-0.05, 0) is 49.9 Å². The second kappa shape index (κ2) is 6.10. The number of aryl methyl sites for hydroxylation is 2. The molecule has 1 aromatic heterocycles. The Morgan fingerprint density at radius 3 is 1.68 bits per heavy atom. The second-order valence-corrected chi connectivity index (χ2v) is 5.61. The van der Waals surface area contributed by atoms with Crippen LogP contribution >= 0.6 is 0 Å². The summed E-state index contributed by atoms with van der Waals surface area (Å²) >= 11 is 0. The summed E-state index contributed by atoms with van der Waals surface area (Å²) in [7, 11) is 0. The summed E-state index contributed by atoms with van der Waals surface area (Å²) in [6.45, 7) is 0. The van der Waals surface area contributed by atoms with E-state index in [2.05, 4.69) is 47.0 Å². The van der Waals surface area contributed by atoms with Gasteiger partial charge in [-0.2, -0.15) is 0 Å². The maximum Gasteiger partial charge on any atom is 0.0455 e. The number of hydrogen-bond donors (Lipinski definition) is 0. The predicted octanol–water partition coefficient (Wildman–Crippen LogP) is 4.92. The molecule has 0 atom stereocenters. The third-order valence-electron chi connectivity index (χ3n) is 4.17. The van der Waals surface area contributed by atoms with Gasteiger partial charge in [-0.15, -0.1) is 0 Å². The van der Waals surface area contributed by atoms with Gasteiger partial charge in [-0.3, -0.25) is 0 Å². The molecular weight excluding hydrogens is 230 g/mol. The molecule has 0 saturated heterocycles. The molecule has 3 rings (SSSR count). The molecule has 1 aromatic carbocycles. The van der Waals surface area contributed by atoms with Crippen molar-refractivity contribution in [2.24, 2.45) is 0 Å². The first-order valence-corrected chi connectivity index (χ1v) is 7.70. The van der Waals surface area contributed by atoms with Gasteiger partial charge in [-0.25, -0.2) is 0 Å². The molecule has 19 heavy (non-hydrogen) atoms. The van der Waals surface area contributed by atoms with E-state index in [0.29, 0.717) is 0 Å². The number of rotatable bonds is 1. The van der Waals surface area contributed by atoms with Crippen LogP contribution in [0.25, 0.3) is 5.69 Å². The van der Waals surface area contributed by atoms with Gasteiger partial charge >= 0.3 is 0 Å². The molecule has 1 nitrogen and oxygen atoms in total. The number of benzene rings is 1. The summed E-state index contributed by atoms with van der Waals surface area (Å²) in [4.78, 5) is 0. The highest BCUT2D eigenvalue weighted by molar-refractivity contribution is 5.38. The normalized spacial score (nSPS) is 16.8. The van der Waals surface area contributed by atoms with Crippen molar-refractivity contribution < 1.29 is 0 Å². The van der Waals surface area contributed by atoms with Crippen LogP contribution in [0.15, 0.2) is 42.5 Å². The standard InChI is InChI=1S/C18H23N/c1-2-4-7-13-18-15-14-17(12-6-3-1)19(18)16-10-8-5-9-11-16/h5,8-11,14-15H,1-4,6-7,12-13H2. The molecule has 0 fully saturated rings. The van der Waals surface area contributed by atoms with Crippen LogP contribution in [0.3, 0.4) is 0 Å². The van der Waals surface area contributed by atoms with Crippen LogP contribution in [0, 0.1) is 0 Å². The Balaban J connectivity index is 1.96. The molecule has 0 N–H and O–H groups in total. The minimum absolute atomic E-state index is 1.22. The highest BCUT2D eigenvalue weighted by Crippen LogP contribution is 2.22. The van der Waals surface area contributed by atoms with Crippen LogP contribution < -0.4 is 0 Å². The molecule has 0 saturated carbocycles. The van der Waals surface area contributed by atoms with E-state index in [0.717, 1.165) is 0 Å². The first-order valence-electron chi connectivity index (χ1n) is 7.70. The van der Waals surface area contributed by atoms with E-state index < -0.39 is 0 Å². The zero-order valence-corrected chi connectivity index (χ0v) is 11.6. The van der Waals surface area contributed by atoms with Gasteiger partial charge in [0.15, 0.2) is 0 Å². The molecule has 2 aromatic rings. The van der Waals surface area contributed by atoms with Gasteiger partial charge in [0.25, 0.3) is 0 Å². The monoisotopic (exact) mass is 253 g/mol. The first kappa shape index (κ1) is 12.5. The molecule has 100 valence electrons. The first-order chi connectivity index (χ1) is 9.45. The summed E-state index contributed by atoms with van der Waals surface area (Å²) in [6, 6.07) is 15.5. The Kier molecular flexibility index (Phi) is 4.02. The largest absolute Gasteiger partial charge is 0.318 e. The third-order valence-corrected chi connectivity index (χ3v) is 4.17. The predicted molar refractivity (Wildman–Crippen MR) is 80.9 cm³/mol. The van der Waals surface area contributed by atoms with Gasteiger partial charge in [0.05, 0.1) is 0 Å². The lowest BCUT2D eigenvalue weighted by atomic mass is 10.1. The number of aromatic nitrogens is 1. The van der Waals surface area contributed by atoms with Crippen molar-refractivity contribution in [3.8, 4) is 5.69 Å². The van der Waals surface area contributed by atoms with Crippen molar-refractivity contribution in [1.29, 1.82) is 0 Å². The number of para-hydroxylation sites is 1. The molecule has 1 heteroatoms. The van der Waals surface area contributed by atoms with Crippen molar-refractivity contribution in [2.45, 2.75) is 51.4 Å². The minimum Gasteiger partial charge on any atom is -0.318 e. The fourth-order valence-electron chi connectivity index (χ4n) is 3.14.